The first-order chi connectivity index (χ1) is 11.0. The number of amides is 2. The molecule has 2 aromatic carbocycles. The SMILES string of the molecule is CC(C)(C)c1ccccc1OCCNC(=O)Nc1ccccc1. The van der Waals surface area contributed by atoms with E-state index < -0.39 is 0 Å². The Labute approximate surface area is 137 Å². The third-order valence-corrected chi connectivity index (χ3v) is 3.37. The van der Waals surface area contributed by atoms with Gasteiger partial charge >= 0.3 is 6.03 Å². The quantitative estimate of drug-likeness (QED) is 0.814. The Morgan fingerprint density at radius 3 is 2.35 bits per heavy atom. The smallest absolute Gasteiger partial charge is 0.319 e. The first kappa shape index (κ1) is 16.9. The van der Waals surface area contributed by atoms with Crippen LogP contribution < -0.4 is 15.4 Å². The Kier molecular flexibility index (Phi) is 5.63. The molecule has 0 spiro atoms. The van der Waals surface area contributed by atoms with Crippen LogP contribution in [-0.4, -0.2) is 19.2 Å². The van der Waals surface area contributed by atoms with Crippen molar-refractivity contribution in [2.45, 2.75) is 26.2 Å². The van der Waals surface area contributed by atoms with E-state index in [-0.39, 0.29) is 11.4 Å². The number of anilines is 1. The molecular formula is C19H24N2O2. The summed E-state index contributed by atoms with van der Waals surface area (Å²) in [6.07, 6.45) is 0. The molecular weight excluding hydrogens is 288 g/mol. The first-order valence-electron chi connectivity index (χ1n) is 7.79. The van der Waals surface area contributed by atoms with E-state index in [1.165, 1.54) is 0 Å². The van der Waals surface area contributed by atoms with Gasteiger partial charge in [-0.05, 0) is 29.2 Å². The van der Waals surface area contributed by atoms with Gasteiger partial charge in [-0.1, -0.05) is 57.2 Å². The molecule has 23 heavy (non-hydrogen) atoms. The number of carbonyl (C=O) groups excluding carboxylic acids is 1. The van der Waals surface area contributed by atoms with Gasteiger partial charge in [0.25, 0.3) is 0 Å². The normalized spacial score (nSPS) is 10.9. The maximum Gasteiger partial charge on any atom is 0.319 e. The van der Waals surface area contributed by atoms with Gasteiger partial charge in [0.1, 0.15) is 12.4 Å². The first-order valence-corrected chi connectivity index (χ1v) is 7.79. The van der Waals surface area contributed by atoms with Crippen LogP contribution in [-0.2, 0) is 5.41 Å². The van der Waals surface area contributed by atoms with Crippen LogP contribution in [0.1, 0.15) is 26.3 Å². The standard InChI is InChI=1S/C19H24N2O2/c1-19(2,3)16-11-7-8-12-17(16)23-14-13-20-18(22)21-15-9-5-4-6-10-15/h4-12H,13-14H2,1-3H3,(H2,20,21,22). The third kappa shape index (κ3) is 5.33. The molecule has 122 valence electrons. The van der Waals surface area contributed by atoms with Crippen molar-refractivity contribution in [2.75, 3.05) is 18.5 Å². The molecule has 2 aromatic rings. The minimum Gasteiger partial charge on any atom is -0.491 e. The van der Waals surface area contributed by atoms with E-state index in [1.807, 2.05) is 48.5 Å². The summed E-state index contributed by atoms with van der Waals surface area (Å²) in [4.78, 5) is 11.8. The number of rotatable bonds is 5. The molecule has 0 radical (unpaired) electrons. The Bertz CT molecular complexity index is 633. The molecule has 0 unspecified atom stereocenters. The number of para-hydroxylation sites is 2. The fourth-order valence-electron chi connectivity index (χ4n) is 2.23. The monoisotopic (exact) mass is 312 g/mol. The lowest BCUT2D eigenvalue weighted by Gasteiger charge is -2.22. The van der Waals surface area contributed by atoms with Gasteiger partial charge in [-0.15, -0.1) is 0 Å². The van der Waals surface area contributed by atoms with Crippen molar-refractivity contribution in [1.29, 1.82) is 0 Å². The van der Waals surface area contributed by atoms with Gasteiger partial charge in [0.2, 0.25) is 0 Å². The molecule has 0 bridgehead atoms. The van der Waals surface area contributed by atoms with Crippen LogP contribution >= 0.6 is 0 Å². The van der Waals surface area contributed by atoms with Crippen LogP contribution in [0.2, 0.25) is 0 Å². The molecule has 0 aromatic heterocycles. The van der Waals surface area contributed by atoms with Gasteiger partial charge in [0.05, 0.1) is 6.54 Å². The second-order valence-corrected chi connectivity index (χ2v) is 6.34. The molecule has 0 heterocycles. The number of nitrogens with one attached hydrogen (secondary N) is 2. The lowest BCUT2D eigenvalue weighted by molar-refractivity contribution is 0.247. The van der Waals surface area contributed by atoms with Crippen molar-refractivity contribution >= 4 is 11.7 Å². The van der Waals surface area contributed by atoms with Crippen molar-refractivity contribution in [3.63, 3.8) is 0 Å². The van der Waals surface area contributed by atoms with E-state index in [9.17, 15) is 4.79 Å². The van der Waals surface area contributed by atoms with Gasteiger partial charge in [-0.3, -0.25) is 0 Å². The molecule has 0 atom stereocenters. The molecule has 4 heteroatoms. The van der Waals surface area contributed by atoms with Crippen LogP contribution in [0.15, 0.2) is 54.6 Å². The van der Waals surface area contributed by atoms with Crippen LogP contribution in [0.3, 0.4) is 0 Å². The Hall–Kier alpha value is -2.49. The summed E-state index contributed by atoms with van der Waals surface area (Å²) in [5.74, 6) is 0.866. The molecule has 0 aliphatic heterocycles. The topological polar surface area (TPSA) is 50.4 Å². The maximum atomic E-state index is 11.8. The minimum absolute atomic E-state index is 0.0225. The van der Waals surface area contributed by atoms with Crippen LogP contribution in [0.4, 0.5) is 10.5 Å². The molecule has 0 aliphatic carbocycles. The minimum atomic E-state index is -0.232. The summed E-state index contributed by atoms with van der Waals surface area (Å²) in [5, 5.41) is 5.56. The largest absolute Gasteiger partial charge is 0.491 e. The molecule has 2 N–H and O–H groups in total. The number of benzene rings is 2. The summed E-state index contributed by atoms with van der Waals surface area (Å²) in [6, 6.07) is 17.1. The number of hydrogen-bond acceptors (Lipinski definition) is 2. The van der Waals surface area contributed by atoms with Crippen molar-refractivity contribution in [3.05, 3.63) is 60.2 Å². The van der Waals surface area contributed by atoms with E-state index in [0.717, 1.165) is 17.0 Å². The van der Waals surface area contributed by atoms with Gasteiger partial charge in [0, 0.05) is 5.69 Å². The third-order valence-electron chi connectivity index (χ3n) is 3.37. The van der Waals surface area contributed by atoms with Crippen molar-refractivity contribution < 1.29 is 9.53 Å². The zero-order valence-corrected chi connectivity index (χ0v) is 13.9. The van der Waals surface area contributed by atoms with Gasteiger partial charge in [-0.2, -0.15) is 0 Å². The number of urea groups is 1. The predicted molar refractivity (Wildman–Crippen MR) is 94.1 cm³/mol. The van der Waals surface area contributed by atoms with Crippen LogP contribution in [0, 0.1) is 0 Å². The Balaban J connectivity index is 1.79. The summed E-state index contributed by atoms with van der Waals surface area (Å²) in [7, 11) is 0. The van der Waals surface area contributed by atoms with Crippen LogP contribution in [0.5, 0.6) is 5.75 Å². The van der Waals surface area contributed by atoms with Gasteiger partial charge in [0.15, 0.2) is 0 Å². The second-order valence-electron chi connectivity index (χ2n) is 6.34. The zero-order chi connectivity index (χ0) is 16.7. The lowest BCUT2D eigenvalue weighted by atomic mass is 9.86. The zero-order valence-electron chi connectivity index (χ0n) is 13.9. The fraction of sp³-hybridized carbons (Fsp3) is 0.316. The molecule has 2 amide bonds. The molecule has 0 saturated heterocycles. The molecule has 0 aliphatic rings. The van der Waals surface area contributed by atoms with E-state index in [4.69, 9.17) is 4.74 Å². The number of carbonyl (C=O) groups is 1. The maximum absolute atomic E-state index is 11.8. The summed E-state index contributed by atoms with van der Waals surface area (Å²) in [6.45, 7) is 7.33. The van der Waals surface area contributed by atoms with Crippen molar-refractivity contribution in [2.24, 2.45) is 0 Å². The molecule has 4 nitrogen and oxygen atoms in total. The fourth-order valence-corrected chi connectivity index (χ4v) is 2.23. The van der Waals surface area contributed by atoms with Crippen molar-refractivity contribution in [3.8, 4) is 5.75 Å². The van der Waals surface area contributed by atoms with E-state index >= 15 is 0 Å². The predicted octanol–water partition coefficient (Wildman–Crippen LogP) is 4.18. The van der Waals surface area contributed by atoms with Gasteiger partial charge in [-0.25, -0.2) is 4.79 Å². The van der Waals surface area contributed by atoms with E-state index in [1.54, 1.807) is 0 Å². The van der Waals surface area contributed by atoms with Crippen LogP contribution in [0.25, 0.3) is 0 Å². The highest BCUT2D eigenvalue weighted by atomic mass is 16.5. The van der Waals surface area contributed by atoms with Gasteiger partial charge < -0.3 is 15.4 Å². The highest BCUT2D eigenvalue weighted by Crippen LogP contribution is 2.30. The molecule has 0 saturated carbocycles. The highest BCUT2D eigenvalue weighted by molar-refractivity contribution is 5.89. The van der Waals surface area contributed by atoms with E-state index in [0.29, 0.717) is 13.2 Å². The molecule has 0 fully saturated rings. The lowest BCUT2D eigenvalue weighted by Crippen LogP contribution is -2.32. The second kappa shape index (κ2) is 7.68. The summed E-state index contributed by atoms with van der Waals surface area (Å²) < 4.78 is 5.82. The molecule has 2 rings (SSSR count). The average molecular weight is 312 g/mol. The van der Waals surface area contributed by atoms with Crippen molar-refractivity contribution in [1.82, 2.24) is 5.32 Å². The Morgan fingerprint density at radius 2 is 1.65 bits per heavy atom. The number of ether oxygens (including phenoxy) is 1. The number of hydrogen-bond donors (Lipinski definition) is 2. The average Bonchev–Trinajstić information content (AvgIpc) is 2.52. The Morgan fingerprint density at radius 1 is 1.00 bits per heavy atom. The summed E-state index contributed by atoms with van der Waals surface area (Å²) in [5.41, 5.74) is 1.95. The summed E-state index contributed by atoms with van der Waals surface area (Å²) >= 11 is 0. The van der Waals surface area contributed by atoms with E-state index in [2.05, 4.69) is 37.5 Å². The highest BCUT2D eigenvalue weighted by Gasteiger charge is 2.18.